The van der Waals surface area contributed by atoms with Gasteiger partial charge in [-0.25, -0.2) is 9.67 Å². The fraction of sp³-hybridized carbons (Fsp3) is 0.550. The van der Waals surface area contributed by atoms with E-state index in [2.05, 4.69) is 15.4 Å². The molecule has 148 valence electrons. The maximum atomic E-state index is 13.1. The molecule has 0 radical (unpaired) electrons. The third-order valence-corrected chi connectivity index (χ3v) is 6.75. The van der Waals surface area contributed by atoms with Crippen LogP contribution in [0.1, 0.15) is 52.5 Å². The molecular formula is C20H23ClN4O3. The quantitative estimate of drug-likeness (QED) is 0.818. The van der Waals surface area contributed by atoms with Crippen LogP contribution >= 0.6 is 11.6 Å². The molecule has 2 aromatic rings. The van der Waals surface area contributed by atoms with Gasteiger partial charge in [-0.1, -0.05) is 11.6 Å². The molecule has 0 spiro atoms. The maximum Gasteiger partial charge on any atom is 0.272 e. The zero-order chi connectivity index (χ0) is 19.5. The second-order valence-electron chi connectivity index (χ2n) is 8.23. The Morgan fingerprint density at radius 2 is 2.25 bits per heavy atom. The molecule has 0 aromatic carbocycles. The van der Waals surface area contributed by atoms with Crippen LogP contribution in [-0.2, 0) is 11.2 Å². The van der Waals surface area contributed by atoms with Crippen molar-refractivity contribution in [1.82, 2.24) is 20.1 Å². The van der Waals surface area contributed by atoms with Crippen molar-refractivity contribution < 1.29 is 14.6 Å². The molecule has 1 aliphatic heterocycles. The molecular weight excluding hydrogens is 380 g/mol. The highest BCUT2D eigenvalue weighted by Crippen LogP contribution is 2.57. The number of aryl methyl sites for hydroxylation is 1. The van der Waals surface area contributed by atoms with E-state index in [9.17, 15) is 9.90 Å². The Hall–Kier alpha value is -1.96. The second-order valence-corrected chi connectivity index (χ2v) is 8.63. The Balaban J connectivity index is 1.51. The summed E-state index contributed by atoms with van der Waals surface area (Å²) in [6.45, 7) is 2.89. The van der Waals surface area contributed by atoms with Gasteiger partial charge in [0, 0.05) is 30.9 Å². The number of carbonyl (C=O) groups is 1. The Kier molecular flexibility index (Phi) is 4.23. The minimum Gasteiger partial charge on any atom is -0.394 e. The summed E-state index contributed by atoms with van der Waals surface area (Å²) in [5.41, 5.74) is 2.87. The predicted molar refractivity (Wildman–Crippen MR) is 103 cm³/mol. The number of nitrogens with zero attached hydrogens (tertiary/aromatic N) is 3. The molecule has 3 aliphatic rings. The molecule has 0 unspecified atom stereocenters. The monoisotopic (exact) mass is 402 g/mol. The molecule has 7 nitrogen and oxygen atoms in total. The third kappa shape index (κ3) is 2.84. The van der Waals surface area contributed by atoms with Gasteiger partial charge in [0.15, 0.2) is 11.5 Å². The van der Waals surface area contributed by atoms with Crippen LogP contribution in [0.25, 0.3) is 5.82 Å². The standard InChI is InChI=1S/C20H23ClN4O3/c1-11-6-16(22-9-15(11)21)25-18-13-7-12(13)8-14(18)17(24-25)19(27)23-20(10-26)2-4-28-5-3-20/h6,9,12-13,26H,2-5,7-8,10H2,1H3,(H,23,27)/t12-,13-/m1/s1. The normalized spacial score (nSPS) is 24.5. The van der Waals surface area contributed by atoms with Crippen molar-refractivity contribution >= 4 is 17.5 Å². The van der Waals surface area contributed by atoms with Gasteiger partial charge in [-0.15, -0.1) is 0 Å². The van der Waals surface area contributed by atoms with Crippen LogP contribution in [0.2, 0.25) is 5.02 Å². The number of hydrogen-bond donors (Lipinski definition) is 2. The number of aliphatic hydroxyl groups is 1. The SMILES string of the molecule is Cc1cc(-n2nc(C(=O)NC3(CO)CCOCC3)c3c2[C@@H]2C[C@@H]2C3)ncc1Cl. The van der Waals surface area contributed by atoms with Gasteiger partial charge in [0.25, 0.3) is 5.91 Å². The van der Waals surface area contributed by atoms with Gasteiger partial charge in [-0.3, -0.25) is 4.79 Å². The van der Waals surface area contributed by atoms with Crippen LogP contribution in [0, 0.1) is 12.8 Å². The number of aromatic nitrogens is 3. The van der Waals surface area contributed by atoms with Crippen molar-refractivity contribution in [2.45, 2.75) is 44.1 Å². The van der Waals surface area contributed by atoms with E-state index in [1.807, 2.05) is 17.7 Å². The predicted octanol–water partition coefficient (Wildman–Crippen LogP) is 2.16. The topological polar surface area (TPSA) is 89.3 Å². The first-order valence-corrected chi connectivity index (χ1v) is 10.1. The second kappa shape index (κ2) is 6.54. The molecule has 5 rings (SSSR count). The zero-order valence-corrected chi connectivity index (χ0v) is 16.5. The fourth-order valence-corrected chi connectivity index (χ4v) is 4.60. The summed E-state index contributed by atoms with van der Waals surface area (Å²) in [4.78, 5) is 17.6. The lowest BCUT2D eigenvalue weighted by atomic mass is 9.90. The van der Waals surface area contributed by atoms with Gasteiger partial charge in [0.1, 0.15) is 0 Å². The number of ether oxygens (including phenoxy) is 1. The highest BCUT2D eigenvalue weighted by molar-refractivity contribution is 6.31. The van der Waals surface area contributed by atoms with Crippen LogP contribution in [-0.4, -0.2) is 51.1 Å². The molecule has 1 saturated heterocycles. The van der Waals surface area contributed by atoms with Gasteiger partial charge in [-0.05, 0) is 50.2 Å². The highest BCUT2D eigenvalue weighted by atomic mass is 35.5. The maximum absolute atomic E-state index is 13.1. The average Bonchev–Trinajstić information content (AvgIpc) is 3.20. The summed E-state index contributed by atoms with van der Waals surface area (Å²) in [6.07, 6.45) is 4.85. The first-order chi connectivity index (χ1) is 13.5. The molecule has 2 fully saturated rings. The molecule has 8 heteroatoms. The number of aliphatic hydroxyl groups excluding tert-OH is 1. The van der Waals surface area contributed by atoms with Crippen molar-refractivity contribution in [1.29, 1.82) is 0 Å². The first kappa shape index (κ1) is 18.1. The largest absolute Gasteiger partial charge is 0.394 e. The number of pyridine rings is 1. The van der Waals surface area contributed by atoms with Gasteiger partial charge >= 0.3 is 0 Å². The van der Waals surface area contributed by atoms with Crippen LogP contribution in [0.3, 0.4) is 0 Å². The molecule has 2 atom stereocenters. The minimum atomic E-state index is -0.636. The molecule has 1 saturated carbocycles. The minimum absolute atomic E-state index is 0.103. The summed E-state index contributed by atoms with van der Waals surface area (Å²) in [5, 5.41) is 18.2. The van der Waals surface area contributed by atoms with Gasteiger partial charge < -0.3 is 15.2 Å². The Bertz CT molecular complexity index is 951. The van der Waals surface area contributed by atoms with E-state index >= 15 is 0 Å². The molecule has 2 aliphatic carbocycles. The summed E-state index contributed by atoms with van der Waals surface area (Å²) in [7, 11) is 0. The van der Waals surface area contributed by atoms with Crippen molar-refractivity contribution in [3.63, 3.8) is 0 Å². The van der Waals surface area contributed by atoms with Crippen molar-refractivity contribution in [2.75, 3.05) is 19.8 Å². The lowest BCUT2D eigenvalue weighted by Gasteiger charge is -2.36. The molecule has 2 aromatic heterocycles. The van der Waals surface area contributed by atoms with Crippen LogP contribution < -0.4 is 5.32 Å². The van der Waals surface area contributed by atoms with Gasteiger partial charge in [-0.2, -0.15) is 5.10 Å². The van der Waals surface area contributed by atoms with E-state index in [0.717, 1.165) is 29.7 Å². The van der Waals surface area contributed by atoms with Crippen LogP contribution in [0.5, 0.6) is 0 Å². The van der Waals surface area contributed by atoms with E-state index in [-0.39, 0.29) is 12.5 Å². The van der Waals surface area contributed by atoms with Crippen LogP contribution in [0.4, 0.5) is 0 Å². The summed E-state index contributed by atoms with van der Waals surface area (Å²) in [5.74, 6) is 1.52. The molecule has 1 amide bonds. The van der Waals surface area contributed by atoms with Crippen molar-refractivity contribution in [3.05, 3.63) is 39.8 Å². The van der Waals surface area contributed by atoms with E-state index in [1.165, 1.54) is 0 Å². The third-order valence-electron chi connectivity index (χ3n) is 6.36. The number of carbonyl (C=O) groups excluding carboxylic acids is 1. The average molecular weight is 403 g/mol. The van der Waals surface area contributed by atoms with E-state index < -0.39 is 5.54 Å². The van der Waals surface area contributed by atoms with Crippen LogP contribution in [0.15, 0.2) is 12.3 Å². The Labute approximate surface area is 168 Å². The number of rotatable bonds is 4. The number of hydrogen-bond acceptors (Lipinski definition) is 5. The lowest BCUT2D eigenvalue weighted by Crippen LogP contribution is -2.54. The Morgan fingerprint density at radius 3 is 2.96 bits per heavy atom. The number of halogens is 1. The van der Waals surface area contributed by atoms with E-state index in [4.69, 9.17) is 16.3 Å². The molecule has 2 N–H and O–H groups in total. The smallest absolute Gasteiger partial charge is 0.272 e. The highest BCUT2D eigenvalue weighted by Gasteiger charge is 2.50. The Morgan fingerprint density at radius 1 is 1.46 bits per heavy atom. The van der Waals surface area contributed by atoms with Gasteiger partial charge in [0.2, 0.25) is 0 Å². The lowest BCUT2D eigenvalue weighted by molar-refractivity contribution is 0.0124. The van der Waals surface area contributed by atoms with Crippen molar-refractivity contribution in [2.24, 2.45) is 5.92 Å². The molecule has 0 bridgehead atoms. The summed E-state index contributed by atoms with van der Waals surface area (Å²) < 4.78 is 7.21. The fourth-order valence-electron chi connectivity index (χ4n) is 4.50. The number of fused-ring (bicyclic) bond motifs is 3. The molecule has 28 heavy (non-hydrogen) atoms. The van der Waals surface area contributed by atoms with E-state index in [0.29, 0.717) is 54.4 Å². The zero-order valence-electron chi connectivity index (χ0n) is 15.7. The molecule has 3 heterocycles. The van der Waals surface area contributed by atoms with Gasteiger partial charge in [0.05, 0.1) is 22.9 Å². The van der Waals surface area contributed by atoms with E-state index in [1.54, 1.807) is 6.20 Å². The first-order valence-electron chi connectivity index (χ1n) is 9.77. The summed E-state index contributed by atoms with van der Waals surface area (Å²) >= 11 is 6.13. The number of nitrogens with one attached hydrogen (secondary N) is 1. The van der Waals surface area contributed by atoms with Crippen molar-refractivity contribution in [3.8, 4) is 5.82 Å². The number of amides is 1. The summed E-state index contributed by atoms with van der Waals surface area (Å²) in [6, 6.07) is 1.90.